The lowest BCUT2D eigenvalue weighted by molar-refractivity contribution is 0.473. The zero-order valence-electron chi connectivity index (χ0n) is 47.5. The van der Waals surface area contributed by atoms with Crippen molar-refractivity contribution in [3.8, 4) is 44.5 Å². The van der Waals surface area contributed by atoms with Crippen molar-refractivity contribution in [3.05, 3.63) is 271 Å². The van der Waals surface area contributed by atoms with Crippen LogP contribution in [0.2, 0.25) is 0 Å². The molecule has 0 spiro atoms. The van der Waals surface area contributed by atoms with Crippen molar-refractivity contribution in [1.29, 1.82) is 0 Å². The summed E-state index contributed by atoms with van der Waals surface area (Å²) in [5, 5.41) is -2.35. The van der Waals surface area contributed by atoms with Gasteiger partial charge < -0.3 is 0 Å². The van der Waals surface area contributed by atoms with Gasteiger partial charge in [-0.25, -0.2) is 0 Å². The van der Waals surface area contributed by atoms with E-state index in [1.807, 2.05) is 69.3 Å². The van der Waals surface area contributed by atoms with E-state index in [0.717, 1.165) is 131 Å². The molecule has 0 heterocycles. The SMILES string of the molecule is C=CC(C/C=C/c1ccc(C(/C=C\C)=C/C)c(C(/C=C\Cc2cc(C3=CCCC=C3)cc(-c3ccc(-c4cc(-c5ccc(S(=O)(=O)O)cc5)cc(C5=CCCC=C5)c4-c4ccccc4)cc3)c2/C=C/CC(C=C)S(=O)(=O)O)=C/C)c1)S(=O)(=O)O. The highest BCUT2D eigenvalue weighted by molar-refractivity contribution is 7.87. The molecular formula is C72H70O9S3. The predicted molar refractivity (Wildman–Crippen MR) is 350 cm³/mol. The maximum atomic E-state index is 12.5. The second-order valence-electron chi connectivity index (χ2n) is 20.5. The first-order valence-corrected chi connectivity index (χ1v) is 32.4. The van der Waals surface area contributed by atoms with E-state index in [0.29, 0.717) is 6.42 Å². The minimum absolute atomic E-state index is 0.0173. The van der Waals surface area contributed by atoms with Gasteiger partial charge in [-0.15, -0.1) is 13.2 Å². The predicted octanol–water partition coefficient (Wildman–Crippen LogP) is 17.9. The smallest absolute Gasteiger partial charge is 0.285 e. The summed E-state index contributed by atoms with van der Waals surface area (Å²) in [5.41, 5.74) is 18.1. The third kappa shape index (κ3) is 15.4. The van der Waals surface area contributed by atoms with Gasteiger partial charge in [-0.05, 0) is 208 Å². The first-order chi connectivity index (χ1) is 40.3. The number of hydrogen-bond acceptors (Lipinski definition) is 6. The summed E-state index contributed by atoms with van der Waals surface area (Å²) in [6.07, 6.45) is 39.3. The summed E-state index contributed by atoms with van der Waals surface area (Å²) in [7, 11) is -13.2. The normalized spacial score (nSPS) is 15.3. The molecule has 84 heavy (non-hydrogen) atoms. The molecule has 6 aromatic rings. The van der Waals surface area contributed by atoms with Crippen molar-refractivity contribution < 1.29 is 38.9 Å². The van der Waals surface area contributed by atoms with Gasteiger partial charge >= 0.3 is 0 Å². The highest BCUT2D eigenvalue weighted by Crippen LogP contribution is 2.44. The Bertz CT molecular complexity index is 4110. The van der Waals surface area contributed by atoms with E-state index in [1.54, 1.807) is 24.3 Å². The topological polar surface area (TPSA) is 163 Å². The largest absolute Gasteiger partial charge is 0.294 e. The van der Waals surface area contributed by atoms with Gasteiger partial charge in [0.2, 0.25) is 0 Å². The Hall–Kier alpha value is -8.07. The average molecular weight is 1180 g/mol. The fourth-order valence-electron chi connectivity index (χ4n) is 10.6. The van der Waals surface area contributed by atoms with E-state index < -0.39 is 40.9 Å². The van der Waals surface area contributed by atoms with Crippen molar-refractivity contribution in [1.82, 2.24) is 0 Å². The molecule has 0 saturated heterocycles. The lowest BCUT2D eigenvalue weighted by atomic mass is 9.83. The quantitative estimate of drug-likeness (QED) is 0.0322. The molecule has 0 saturated carbocycles. The zero-order chi connectivity index (χ0) is 60.0. The van der Waals surface area contributed by atoms with Gasteiger partial charge in [-0.2, -0.15) is 25.3 Å². The van der Waals surface area contributed by atoms with E-state index in [4.69, 9.17) is 0 Å². The van der Waals surface area contributed by atoms with Crippen molar-refractivity contribution >= 4 is 64.8 Å². The van der Waals surface area contributed by atoms with Crippen molar-refractivity contribution in [2.24, 2.45) is 0 Å². The molecule has 430 valence electrons. The van der Waals surface area contributed by atoms with E-state index in [-0.39, 0.29) is 17.7 Å². The van der Waals surface area contributed by atoms with Gasteiger partial charge in [-0.1, -0.05) is 194 Å². The molecule has 3 N–H and O–H groups in total. The molecule has 0 aromatic heterocycles. The molecule has 0 bridgehead atoms. The van der Waals surface area contributed by atoms with Gasteiger partial charge in [0.05, 0.1) is 4.90 Å². The first kappa shape index (κ1) is 62.0. The van der Waals surface area contributed by atoms with Crippen molar-refractivity contribution in [3.63, 3.8) is 0 Å². The van der Waals surface area contributed by atoms with Crippen LogP contribution in [0.25, 0.3) is 79.0 Å². The van der Waals surface area contributed by atoms with E-state index >= 15 is 0 Å². The summed E-state index contributed by atoms with van der Waals surface area (Å²) in [6, 6.07) is 39.6. The van der Waals surface area contributed by atoms with Gasteiger partial charge in [0.15, 0.2) is 0 Å². The second kappa shape index (κ2) is 28.0. The minimum atomic E-state index is -4.44. The molecule has 9 nitrogen and oxygen atoms in total. The standard InChI is InChI=1S/C72H70O9S3/c1-6-23-52(7-2)67-45-36-51(24-20-33-63(9-4)82(73,74)75)46-68(67)53(8-3)31-21-32-60-47-61(54-25-14-11-15-26-54)48-69(66(60)35-22-34-64(10-5)83(76,77)78)57-37-39-58(40-38-57)71-50-62(55-41-43-65(44-42-55)84(79,80)81)49-70(56-27-16-12-17-28-56)72(71)59-29-18-13-19-30-59/h6-10,13-14,16,18-31,35-50,63-64H,4-5,11-12,15,17,32-34H2,1-3H3,(H,73,74,75)(H,76,77,78)(H,79,80,81)/b23-6-,24-20+,31-21-,35-22+,52-7+,53-8+. The van der Waals surface area contributed by atoms with Crippen LogP contribution in [0.1, 0.15) is 98.2 Å². The van der Waals surface area contributed by atoms with Crippen LogP contribution in [0, 0.1) is 0 Å². The van der Waals surface area contributed by atoms with E-state index in [9.17, 15) is 38.9 Å². The fourth-order valence-corrected chi connectivity index (χ4v) is 12.3. The van der Waals surface area contributed by atoms with Gasteiger partial charge in [0, 0.05) is 0 Å². The molecule has 2 atom stereocenters. The van der Waals surface area contributed by atoms with Crippen LogP contribution in [0.15, 0.2) is 237 Å². The fraction of sp³-hybridized carbons (Fsp3) is 0.167. The van der Waals surface area contributed by atoms with Crippen LogP contribution in [-0.4, -0.2) is 49.4 Å². The zero-order valence-corrected chi connectivity index (χ0v) is 49.9. The minimum Gasteiger partial charge on any atom is -0.285 e. The van der Waals surface area contributed by atoms with Crippen LogP contribution in [-0.2, 0) is 36.8 Å². The van der Waals surface area contributed by atoms with E-state index in [2.05, 4.69) is 147 Å². The first-order valence-electron chi connectivity index (χ1n) is 28.0. The Balaban J connectivity index is 1.28. The molecular weight excluding hydrogens is 1100 g/mol. The third-order valence-corrected chi connectivity index (χ3v) is 18.2. The molecule has 0 fully saturated rings. The maximum Gasteiger partial charge on any atom is 0.294 e. The van der Waals surface area contributed by atoms with Gasteiger partial charge in [0.25, 0.3) is 30.4 Å². The third-order valence-electron chi connectivity index (χ3n) is 15.0. The Labute approximate surface area is 496 Å². The summed E-state index contributed by atoms with van der Waals surface area (Å²) >= 11 is 0. The summed E-state index contributed by atoms with van der Waals surface area (Å²) < 4.78 is 103. The van der Waals surface area contributed by atoms with Crippen LogP contribution in [0.5, 0.6) is 0 Å². The molecule has 6 aromatic carbocycles. The van der Waals surface area contributed by atoms with E-state index in [1.165, 1.54) is 24.3 Å². The molecule has 8 rings (SSSR count). The lowest BCUT2D eigenvalue weighted by Crippen LogP contribution is -2.16. The Morgan fingerprint density at radius 1 is 0.524 bits per heavy atom. The highest BCUT2D eigenvalue weighted by Gasteiger charge is 2.22. The average Bonchev–Trinajstić information content (AvgIpc) is 1.41. The monoisotopic (exact) mass is 1170 g/mol. The Kier molecular flexibility index (Phi) is 20.7. The number of rotatable bonds is 23. The number of benzene rings is 6. The van der Waals surface area contributed by atoms with Crippen LogP contribution < -0.4 is 0 Å². The van der Waals surface area contributed by atoms with Crippen molar-refractivity contribution in [2.45, 2.75) is 81.1 Å². The second-order valence-corrected chi connectivity index (χ2v) is 25.2. The van der Waals surface area contributed by atoms with Crippen molar-refractivity contribution in [2.75, 3.05) is 0 Å². The summed E-state index contributed by atoms with van der Waals surface area (Å²) in [6.45, 7) is 13.2. The molecule has 2 aliphatic rings. The number of hydrogen-bond donors (Lipinski definition) is 3. The Morgan fingerprint density at radius 2 is 1.08 bits per heavy atom. The molecule has 0 amide bonds. The molecule has 2 aliphatic carbocycles. The molecule has 0 radical (unpaired) electrons. The molecule has 2 unspecified atom stereocenters. The summed E-state index contributed by atoms with van der Waals surface area (Å²) in [5.74, 6) is 0. The van der Waals surface area contributed by atoms with Crippen LogP contribution >= 0.6 is 0 Å². The highest BCUT2D eigenvalue weighted by atomic mass is 32.2. The number of allylic oxidation sites excluding steroid dienone is 18. The molecule has 0 aliphatic heterocycles. The van der Waals surface area contributed by atoms with Gasteiger partial charge in [0.1, 0.15) is 10.5 Å². The van der Waals surface area contributed by atoms with Crippen LogP contribution in [0.3, 0.4) is 0 Å². The molecule has 12 heteroatoms. The summed E-state index contributed by atoms with van der Waals surface area (Å²) in [4.78, 5) is -0.192. The maximum absolute atomic E-state index is 12.5. The Morgan fingerprint density at radius 3 is 1.64 bits per heavy atom. The lowest BCUT2D eigenvalue weighted by Gasteiger charge is -2.21. The van der Waals surface area contributed by atoms with Crippen LogP contribution in [0.4, 0.5) is 0 Å². The van der Waals surface area contributed by atoms with Gasteiger partial charge in [-0.3, -0.25) is 13.7 Å².